The zero-order valence-corrected chi connectivity index (χ0v) is 9.18. The van der Waals surface area contributed by atoms with Crippen molar-refractivity contribution in [1.29, 1.82) is 0 Å². The second-order valence-corrected chi connectivity index (χ2v) is 3.61. The minimum absolute atomic E-state index is 0.0856. The molecule has 0 saturated carbocycles. The van der Waals surface area contributed by atoms with Crippen LogP contribution in [0.3, 0.4) is 0 Å². The highest BCUT2D eigenvalue weighted by molar-refractivity contribution is 6.14. The summed E-state index contributed by atoms with van der Waals surface area (Å²) in [5, 5.41) is 0. The van der Waals surface area contributed by atoms with E-state index >= 15 is 0 Å². The van der Waals surface area contributed by atoms with E-state index < -0.39 is 0 Å². The highest BCUT2D eigenvalue weighted by Gasteiger charge is 2.30. The van der Waals surface area contributed by atoms with Crippen molar-refractivity contribution in [2.24, 2.45) is 11.7 Å². The van der Waals surface area contributed by atoms with Crippen molar-refractivity contribution in [3.63, 3.8) is 0 Å². The molecule has 0 saturated heterocycles. The van der Waals surface area contributed by atoms with Crippen LogP contribution in [0.15, 0.2) is 12.7 Å². The summed E-state index contributed by atoms with van der Waals surface area (Å²) in [5.41, 5.74) is 5.63. The van der Waals surface area contributed by atoms with Gasteiger partial charge in [-0.3, -0.25) is 0 Å². The molecule has 0 amide bonds. The van der Waals surface area contributed by atoms with Crippen LogP contribution in [-0.2, 0) is 4.74 Å². The van der Waals surface area contributed by atoms with Gasteiger partial charge in [0.25, 0.3) is 0 Å². The molecule has 0 aliphatic carbocycles. The van der Waals surface area contributed by atoms with Crippen molar-refractivity contribution >= 4 is 7.85 Å². The highest BCUT2D eigenvalue weighted by Crippen LogP contribution is 2.24. The standard InChI is InChI=1S/C10H22BNO/c1-4-7-13-10(11,6-3)9(5-2)8-12/h4,9H,1,5-8,11-12H2,2-3H3/t9?,10-/m1/s1. The van der Waals surface area contributed by atoms with E-state index in [4.69, 9.17) is 10.5 Å². The average molecular weight is 183 g/mol. The van der Waals surface area contributed by atoms with Gasteiger partial charge in [0.1, 0.15) is 7.85 Å². The molecule has 0 bridgehead atoms. The van der Waals surface area contributed by atoms with Crippen molar-refractivity contribution in [1.82, 2.24) is 0 Å². The number of nitrogens with two attached hydrogens (primary N) is 1. The summed E-state index contributed by atoms with van der Waals surface area (Å²) in [6.45, 7) is 9.25. The Morgan fingerprint density at radius 1 is 1.62 bits per heavy atom. The largest absolute Gasteiger partial charge is 0.380 e. The van der Waals surface area contributed by atoms with Crippen LogP contribution >= 0.6 is 0 Å². The van der Waals surface area contributed by atoms with Gasteiger partial charge in [0.05, 0.1) is 6.61 Å². The molecule has 2 N–H and O–H groups in total. The third-order valence-corrected chi connectivity index (χ3v) is 2.87. The fourth-order valence-electron chi connectivity index (χ4n) is 1.61. The molecule has 76 valence electrons. The normalized spacial score (nSPS) is 17.8. The predicted molar refractivity (Wildman–Crippen MR) is 60.6 cm³/mol. The van der Waals surface area contributed by atoms with Crippen LogP contribution in [0.25, 0.3) is 0 Å². The minimum atomic E-state index is -0.0856. The molecule has 3 heteroatoms. The molecule has 0 aliphatic heterocycles. The van der Waals surface area contributed by atoms with E-state index in [1.807, 2.05) is 0 Å². The zero-order chi connectivity index (χ0) is 10.3. The molecule has 0 aromatic heterocycles. The van der Waals surface area contributed by atoms with Crippen LogP contribution in [0.4, 0.5) is 0 Å². The van der Waals surface area contributed by atoms with Gasteiger partial charge in [0.15, 0.2) is 0 Å². The zero-order valence-electron chi connectivity index (χ0n) is 9.18. The summed E-state index contributed by atoms with van der Waals surface area (Å²) in [6.07, 6.45) is 3.85. The highest BCUT2D eigenvalue weighted by atomic mass is 16.5. The Morgan fingerprint density at radius 2 is 2.23 bits per heavy atom. The van der Waals surface area contributed by atoms with Crippen molar-refractivity contribution < 1.29 is 4.74 Å². The van der Waals surface area contributed by atoms with Crippen LogP contribution in [0.5, 0.6) is 0 Å². The second-order valence-electron chi connectivity index (χ2n) is 3.61. The Hall–Kier alpha value is -0.275. The fourth-order valence-corrected chi connectivity index (χ4v) is 1.61. The van der Waals surface area contributed by atoms with Gasteiger partial charge in [-0.25, -0.2) is 0 Å². The van der Waals surface area contributed by atoms with Gasteiger partial charge < -0.3 is 10.5 Å². The van der Waals surface area contributed by atoms with Gasteiger partial charge in [-0.05, 0) is 18.9 Å². The van der Waals surface area contributed by atoms with Gasteiger partial charge >= 0.3 is 0 Å². The molecule has 0 aliphatic rings. The molecular weight excluding hydrogens is 161 g/mol. The molecule has 1 unspecified atom stereocenters. The van der Waals surface area contributed by atoms with Crippen LogP contribution in [0, 0.1) is 5.92 Å². The van der Waals surface area contributed by atoms with Crippen LogP contribution in [0.1, 0.15) is 26.7 Å². The first-order valence-corrected chi connectivity index (χ1v) is 5.09. The smallest absolute Gasteiger partial charge is 0.143 e. The van der Waals surface area contributed by atoms with Gasteiger partial charge in [0, 0.05) is 5.50 Å². The van der Waals surface area contributed by atoms with Crippen molar-refractivity contribution in [3.05, 3.63) is 12.7 Å². The summed E-state index contributed by atoms with van der Waals surface area (Å²) in [4.78, 5) is 0. The first kappa shape index (κ1) is 12.7. The Kier molecular flexibility index (Phi) is 6.09. The molecule has 0 fully saturated rings. The molecule has 0 heterocycles. The molecule has 0 aromatic carbocycles. The van der Waals surface area contributed by atoms with Crippen molar-refractivity contribution in [2.45, 2.75) is 32.2 Å². The lowest BCUT2D eigenvalue weighted by molar-refractivity contribution is -0.0100. The van der Waals surface area contributed by atoms with Crippen molar-refractivity contribution in [3.8, 4) is 0 Å². The maximum atomic E-state index is 5.77. The average Bonchev–Trinajstić information content (AvgIpc) is 2.16. The lowest BCUT2D eigenvalue weighted by atomic mass is 9.68. The SMILES string of the molecule is B[C@](CC)(OCC=C)C(CC)CN. The quantitative estimate of drug-likeness (QED) is 0.470. The van der Waals surface area contributed by atoms with E-state index in [0.717, 1.165) is 12.8 Å². The maximum absolute atomic E-state index is 5.77. The molecule has 13 heavy (non-hydrogen) atoms. The van der Waals surface area contributed by atoms with Crippen LogP contribution in [-0.4, -0.2) is 26.5 Å². The molecule has 2 atom stereocenters. The molecule has 0 radical (unpaired) electrons. The van der Waals surface area contributed by atoms with Gasteiger partial charge in [0.2, 0.25) is 0 Å². The Balaban J connectivity index is 4.29. The summed E-state index contributed by atoms with van der Waals surface area (Å²) in [7, 11) is 2.14. The van der Waals surface area contributed by atoms with Crippen molar-refractivity contribution in [2.75, 3.05) is 13.2 Å². The summed E-state index contributed by atoms with van der Waals surface area (Å²) in [5.74, 6) is 0.442. The lowest BCUT2D eigenvalue weighted by Crippen LogP contribution is -2.44. The lowest BCUT2D eigenvalue weighted by Gasteiger charge is -2.36. The molecular formula is C10H22BNO. The molecule has 2 nitrogen and oxygen atoms in total. The van der Waals surface area contributed by atoms with Crippen LogP contribution < -0.4 is 5.73 Å². The van der Waals surface area contributed by atoms with E-state index in [9.17, 15) is 0 Å². The first-order chi connectivity index (χ1) is 6.14. The van der Waals surface area contributed by atoms with Gasteiger partial charge in [-0.15, -0.1) is 6.58 Å². The Bertz CT molecular complexity index is 148. The first-order valence-electron chi connectivity index (χ1n) is 5.09. The fraction of sp³-hybridized carbons (Fsp3) is 0.800. The Labute approximate surface area is 82.9 Å². The summed E-state index contributed by atoms with van der Waals surface area (Å²) in [6, 6.07) is 0. The van der Waals surface area contributed by atoms with E-state index in [1.54, 1.807) is 6.08 Å². The number of hydrogen-bond acceptors (Lipinski definition) is 2. The van der Waals surface area contributed by atoms with E-state index in [0.29, 0.717) is 19.1 Å². The molecule has 0 aromatic rings. The molecule has 0 spiro atoms. The predicted octanol–water partition coefficient (Wildman–Crippen LogP) is 0.913. The number of rotatable bonds is 7. The number of ether oxygens (including phenoxy) is 1. The monoisotopic (exact) mass is 183 g/mol. The number of hydrogen-bond donors (Lipinski definition) is 1. The van der Waals surface area contributed by atoms with Gasteiger partial charge in [-0.1, -0.05) is 26.3 Å². The summed E-state index contributed by atoms with van der Waals surface area (Å²) < 4.78 is 5.77. The molecule has 0 rings (SSSR count). The van der Waals surface area contributed by atoms with E-state index in [-0.39, 0.29) is 5.50 Å². The summed E-state index contributed by atoms with van der Waals surface area (Å²) >= 11 is 0. The Morgan fingerprint density at radius 3 is 2.54 bits per heavy atom. The van der Waals surface area contributed by atoms with Crippen LogP contribution in [0.2, 0.25) is 0 Å². The maximum Gasteiger partial charge on any atom is 0.143 e. The second kappa shape index (κ2) is 6.22. The van der Waals surface area contributed by atoms with E-state index in [1.165, 1.54) is 0 Å². The minimum Gasteiger partial charge on any atom is -0.380 e. The topological polar surface area (TPSA) is 35.2 Å². The third kappa shape index (κ3) is 3.53. The van der Waals surface area contributed by atoms with Gasteiger partial charge in [-0.2, -0.15) is 0 Å². The van der Waals surface area contributed by atoms with E-state index in [2.05, 4.69) is 28.3 Å². The third-order valence-electron chi connectivity index (χ3n) is 2.87.